The molecule has 0 rings (SSSR count). The molecule has 13 heavy (non-hydrogen) atoms. The lowest BCUT2D eigenvalue weighted by molar-refractivity contribution is 0.213. The fourth-order valence-electron chi connectivity index (χ4n) is 0.690. The molecule has 0 N–H and O–H groups in total. The van der Waals surface area contributed by atoms with Crippen LogP contribution in [0.4, 0.5) is 0 Å². The van der Waals surface area contributed by atoms with Crippen molar-refractivity contribution in [2.24, 2.45) is 5.16 Å². The molecule has 0 aromatic rings. The van der Waals surface area contributed by atoms with E-state index >= 15 is 0 Å². The van der Waals surface area contributed by atoms with Crippen molar-refractivity contribution in [3.05, 3.63) is 0 Å². The maximum absolute atomic E-state index is 4.78. The Morgan fingerprint density at radius 1 is 1.31 bits per heavy atom. The van der Waals surface area contributed by atoms with Gasteiger partial charge in [-0.15, -0.1) is 11.8 Å². The lowest BCUT2D eigenvalue weighted by Gasteiger charge is -2.17. The summed E-state index contributed by atoms with van der Waals surface area (Å²) < 4.78 is 0.299. The Bertz CT molecular complexity index is 163. The minimum absolute atomic E-state index is 0.299. The molecule has 0 heterocycles. The predicted octanol–water partition coefficient (Wildman–Crippen LogP) is 2.88. The second kappa shape index (κ2) is 6.60. The fourth-order valence-corrected chi connectivity index (χ4v) is 2.06. The van der Waals surface area contributed by atoms with Gasteiger partial charge in [0.15, 0.2) is 0 Å². The summed E-state index contributed by atoms with van der Waals surface area (Å²) in [4.78, 5) is 4.78. The van der Waals surface area contributed by atoms with Crippen LogP contribution in [-0.2, 0) is 4.84 Å². The first kappa shape index (κ1) is 13.2. The monoisotopic (exact) mass is 221 g/mol. The van der Waals surface area contributed by atoms with Gasteiger partial charge in [-0.1, -0.05) is 25.9 Å². The van der Waals surface area contributed by atoms with E-state index in [1.54, 1.807) is 18.9 Å². The Morgan fingerprint density at radius 3 is 2.31 bits per heavy atom. The third-order valence-corrected chi connectivity index (χ3v) is 3.17. The van der Waals surface area contributed by atoms with Gasteiger partial charge in [0.2, 0.25) is 0 Å². The second-order valence-corrected chi connectivity index (χ2v) is 6.34. The van der Waals surface area contributed by atoms with Crippen molar-refractivity contribution < 1.29 is 4.84 Å². The number of hydrogen-bond acceptors (Lipinski definition) is 4. The maximum atomic E-state index is 4.78. The minimum Gasteiger partial charge on any atom is -0.399 e. The number of hydrogen-bond donors (Lipinski definition) is 0. The van der Waals surface area contributed by atoms with Gasteiger partial charge >= 0.3 is 0 Å². The topological polar surface area (TPSA) is 21.6 Å². The van der Waals surface area contributed by atoms with Crippen molar-refractivity contribution in [2.45, 2.75) is 25.5 Å². The summed E-state index contributed by atoms with van der Waals surface area (Å²) in [6.07, 6.45) is 2.08. The molecular formula is C9H19NOS2. The third kappa shape index (κ3) is 8.50. The lowest BCUT2D eigenvalue weighted by Crippen LogP contribution is -2.14. The van der Waals surface area contributed by atoms with Gasteiger partial charge in [-0.3, -0.25) is 0 Å². The number of oxime groups is 1. The molecule has 0 aromatic carbocycles. The molecule has 0 atom stereocenters. The molecule has 0 amide bonds. The van der Waals surface area contributed by atoms with Crippen LogP contribution in [-0.4, -0.2) is 35.3 Å². The van der Waals surface area contributed by atoms with E-state index in [-0.39, 0.29) is 0 Å². The first-order chi connectivity index (χ1) is 5.99. The summed E-state index contributed by atoms with van der Waals surface area (Å²) in [6.45, 7) is 6.63. The molecule has 0 aliphatic carbocycles. The normalized spacial score (nSPS) is 13.2. The molecular weight excluding hydrogens is 202 g/mol. The smallest absolute Gasteiger partial charge is 0.106 e. The Balaban J connectivity index is 3.90. The van der Waals surface area contributed by atoms with Crippen LogP contribution < -0.4 is 0 Å². The zero-order chi connectivity index (χ0) is 10.3. The molecule has 0 aliphatic heterocycles. The summed E-state index contributed by atoms with van der Waals surface area (Å²) in [5.41, 5.74) is 1.12. The van der Waals surface area contributed by atoms with Gasteiger partial charge in [-0.2, -0.15) is 11.8 Å². The van der Waals surface area contributed by atoms with E-state index in [0.717, 1.165) is 17.2 Å². The Morgan fingerprint density at radius 2 is 1.92 bits per heavy atom. The molecule has 0 unspecified atom stereocenters. The highest BCUT2D eigenvalue weighted by Gasteiger charge is 2.12. The maximum Gasteiger partial charge on any atom is 0.106 e. The molecule has 0 saturated heterocycles. The van der Waals surface area contributed by atoms with Crippen LogP contribution in [0.2, 0.25) is 0 Å². The van der Waals surface area contributed by atoms with Crippen LogP contribution in [0.15, 0.2) is 5.16 Å². The number of rotatable bonds is 5. The molecule has 0 spiro atoms. The van der Waals surface area contributed by atoms with E-state index in [4.69, 9.17) is 4.84 Å². The second-order valence-electron chi connectivity index (χ2n) is 3.67. The molecule has 2 nitrogen and oxygen atoms in total. The van der Waals surface area contributed by atoms with E-state index in [1.165, 1.54) is 0 Å². The van der Waals surface area contributed by atoms with E-state index in [9.17, 15) is 0 Å². The van der Waals surface area contributed by atoms with Crippen LogP contribution in [0.25, 0.3) is 0 Å². The van der Waals surface area contributed by atoms with Crippen molar-refractivity contribution in [3.8, 4) is 0 Å². The largest absolute Gasteiger partial charge is 0.399 e. The van der Waals surface area contributed by atoms with Crippen LogP contribution in [0.5, 0.6) is 0 Å². The summed E-state index contributed by atoms with van der Waals surface area (Å²) in [6, 6.07) is 0. The Labute approximate surface area is 89.9 Å². The van der Waals surface area contributed by atoms with Crippen LogP contribution in [0.3, 0.4) is 0 Å². The van der Waals surface area contributed by atoms with E-state index in [0.29, 0.717) is 4.75 Å². The molecule has 0 aromatic heterocycles. The standard InChI is InChI=1S/C9H19NOS2/c1-9(2,3)13-7-8(6-12-5)10-11-4/h6-7H2,1-5H3/b10-8-. The van der Waals surface area contributed by atoms with Gasteiger partial charge < -0.3 is 4.84 Å². The van der Waals surface area contributed by atoms with Crippen molar-refractivity contribution in [3.63, 3.8) is 0 Å². The first-order valence-corrected chi connectivity index (χ1v) is 6.59. The van der Waals surface area contributed by atoms with Crippen molar-refractivity contribution in [1.29, 1.82) is 0 Å². The summed E-state index contributed by atoms with van der Waals surface area (Å²) in [5.74, 6) is 1.91. The lowest BCUT2D eigenvalue weighted by atomic mass is 10.3. The van der Waals surface area contributed by atoms with Gasteiger partial charge in [-0.25, -0.2) is 0 Å². The van der Waals surface area contributed by atoms with Crippen molar-refractivity contribution in [1.82, 2.24) is 0 Å². The van der Waals surface area contributed by atoms with Crippen LogP contribution >= 0.6 is 23.5 Å². The highest BCUT2D eigenvalue weighted by molar-refractivity contribution is 8.02. The molecule has 78 valence electrons. The van der Waals surface area contributed by atoms with Crippen LogP contribution in [0, 0.1) is 0 Å². The number of nitrogens with zero attached hydrogens (tertiary/aromatic N) is 1. The van der Waals surface area contributed by atoms with Crippen molar-refractivity contribution in [2.75, 3.05) is 24.9 Å². The van der Waals surface area contributed by atoms with Gasteiger partial charge in [-0.05, 0) is 6.26 Å². The fraction of sp³-hybridized carbons (Fsp3) is 0.889. The molecule has 0 bridgehead atoms. The quantitative estimate of drug-likeness (QED) is 0.526. The molecule has 0 radical (unpaired) electrons. The average Bonchev–Trinajstić information content (AvgIpc) is 2.00. The van der Waals surface area contributed by atoms with E-state index in [1.807, 2.05) is 11.8 Å². The number of thioether (sulfide) groups is 2. The highest BCUT2D eigenvalue weighted by Crippen LogP contribution is 2.23. The molecule has 0 aliphatic rings. The minimum atomic E-state index is 0.299. The average molecular weight is 221 g/mol. The third-order valence-electron chi connectivity index (χ3n) is 1.20. The zero-order valence-electron chi connectivity index (χ0n) is 9.09. The van der Waals surface area contributed by atoms with Gasteiger partial charge in [0.25, 0.3) is 0 Å². The molecule has 0 saturated carbocycles. The van der Waals surface area contributed by atoms with E-state index in [2.05, 4.69) is 32.2 Å². The Kier molecular flexibility index (Phi) is 6.68. The summed E-state index contributed by atoms with van der Waals surface area (Å²) in [5, 5.41) is 3.99. The van der Waals surface area contributed by atoms with Crippen molar-refractivity contribution >= 4 is 29.2 Å². The predicted molar refractivity (Wildman–Crippen MR) is 65.0 cm³/mol. The zero-order valence-corrected chi connectivity index (χ0v) is 10.7. The van der Waals surface area contributed by atoms with Gasteiger partial charge in [0.05, 0.1) is 5.71 Å². The Hall–Kier alpha value is 0.170. The summed E-state index contributed by atoms with van der Waals surface area (Å²) >= 11 is 3.67. The molecule has 0 fully saturated rings. The van der Waals surface area contributed by atoms with Crippen LogP contribution in [0.1, 0.15) is 20.8 Å². The first-order valence-electron chi connectivity index (χ1n) is 4.21. The van der Waals surface area contributed by atoms with Gasteiger partial charge in [0.1, 0.15) is 7.11 Å². The highest BCUT2D eigenvalue weighted by atomic mass is 32.2. The van der Waals surface area contributed by atoms with Gasteiger partial charge in [0, 0.05) is 16.3 Å². The van der Waals surface area contributed by atoms with E-state index < -0.39 is 0 Å². The molecule has 4 heteroatoms. The summed E-state index contributed by atoms with van der Waals surface area (Å²) in [7, 11) is 1.60. The SMILES string of the molecule is CO/N=C(/CSC)CSC(C)(C)C.